The molecule has 2 unspecified atom stereocenters. The van der Waals surface area contributed by atoms with Gasteiger partial charge in [0.15, 0.2) is 0 Å². The Morgan fingerprint density at radius 2 is 2.18 bits per heavy atom. The molecule has 22 heavy (non-hydrogen) atoms. The van der Waals surface area contributed by atoms with Crippen molar-refractivity contribution in [1.82, 2.24) is 10.2 Å². The van der Waals surface area contributed by atoms with Crippen LogP contribution < -0.4 is 10.1 Å². The highest BCUT2D eigenvalue weighted by Gasteiger charge is 2.42. The molecule has 2 N–H and O–H groups in total. The van der Waals surface area contributed by atoms with Gasteiger partial charge < -0.3 is 20.1 Å². The van der Waals surface area contributed by atoms with E-state index in [4.69, 9.17) is 4.74 Å². The second kappa shape index (κ2) is 5.51. The fourth-order valence-corrected chi connectivity index (χ4v) is 3.00. The molecule has 2 aliphatic rings. The second-order valence-electron chi connectivity index (χ2n) is 6.31. The van der Waals surface area contributed by atoms with Crippen molar-refractivity contribution >= 4 is 12.0 Å². The lowest BCUT2D eigenvalue weighted by Crippen LogP contribution is -2.49. The maximum Gasteiger partial charge on any atom is 0.317 e. The summed E-state index contributed by atoms with van der Waals surface area (Å²) < 4.78 is 5.65. The number of hydrogen-bond acceptors (Lipinski definition) is 3. The van der Waals surface area contributed by atoms with Crippen molar-refractivity contribution < 1.29 is 19.4 Å². The van der Waals surface area contributed by atoms with Crippen LogP contribution in [0, 0.1) is 5.41 Å². The van der Waals surface area contributed by atoms with E-state index in [1.54, 1.807) is 11.8 Å². The summed E-state index contributed by atoms with van der Waals surface area (Å²) in [5.41, 5.74) is 0.239. The van der Waals surface area contributed by atoms with Gasteiger partial charge in [0.2, 0.25) is 0 Å². The molecule has 0 aliphatic carbocycles. The Morgan fingerprint density at radius 3 is 2.91 bits per heavy atom. The summed E-state index contributed by atoms with van der Waals surface area (Å²) in [6.07, 6.45) is 1.21. The molecule has 6 heteroatoms. The van der Waals surface area contributed by atoms with E-state index in [1.807, 2.05) is 24.3 Å². The van der Waals surface area contributed by atoms with Crippen LogP contribution in [0.15, 0.2) is 24.3 Å². The summed E-state index contributed by atoms with van der Waals surface area (Å²) in [5.74, 6) is 0.0188. The van der Waals surface area contributed by atoms with Crippen LogP contribution in [0.3, 0.4) is 0 Å². The smallest absolute Gasteiger partial charge is 0.317 e. The number of urea groups is 1. The van der Waals surface area contributed by atoms with E-state index in [0.717, 1.165) is 17.7 Å². The lowest BCUT2D eigenvalue weighted by atomic mass is 9.90. The highest BCUT2D eigenvalue weighted by atomic mass is 16.5. The number of likely N-dealkylation sites (tertiary alicyclic amines) is 1. The quantitative estimate of drug-likeness (QED) is 0.868. The number of nitrogens with one attached hydrogen (secondary N) is 1. The molecule has 2 aliphatic heterocycles. The lowest BCUT2D eigenvalue weighted by molar-refractivity contribution is -0.147. The van der Waals surface area contributed by atoms with E-state index < -0.39 is 11.4 Å². The molecule has 0 radical (unpaired) electrons. The van der Waals surface area contributed by atoms with E-state index in [-0.39, 0.29) is 18.6 Å². The predicted octanol–water partition coefficient (Wildman–Crippen LogP) is 1.50. The molecule has 6 nitrogen and oxygen atoms in total. The Morgan fingerprint density at radius 1 is 1.41 bits per heavy atom. The van der Waals surface area contributed by atoms with Crippen LogP contribution in [0.5, 0.6) is 5.75 Å². The molecule has 0 saturated carbocycles. The van der Waals surface area contributed by atoms with Crippen LogP contribution in [-0.4, -0.2) is 47.7 Å². The van der Waals surface area contributed by atoms with E-state index in [9.17, 15) is 14.7 Å². The third-order valence-corrected chi connectivity index (χ3v) is 4.48. The number of rotatable bonds is 2. The van der Waals surface area contributed by atoms with Crippen molar-refractivity contribution in [2.75, 3.05) is 19.7 Å². The molecular formula is C16H20N2O4. The summed E-state index contributed by atoms with van der Waals surface area (Å²) >= 11 is 0. The molecule has 2 atom stereocenters. The van der Waals surface area contributed by atoms with Gasteiger partial charge in [-0.25, -0.2) is 4.79 Å². The molecule has 3 rings (SSSR count). The molecule has 2 amide bonds. The number of benzene rings is 1. The molecule has 118 valence electrons. The highest BCUT2D eigenvalue weighted by molar-refractivity contribution is 5.79. The van der Waals surface area contributed by atoms with Crippen LogP contribution in [0.2, 0.25) is 0 Å². The van der Waals surface area contributed by atoms with Gasteiger partial charge in [0.05, 0.1) is 11.5 Å². The first kappa shape index (κ1) is 14.7. The summed E-state index contributed by atoms with van der Waals surface area (Å²) in [4.78, 5) is 25.1. The normalized spacial score (nSPS) is 27.0. The third kappa shape index (κ3) is 2.73. The largest absolute Gasteiger partial charge is 0.491 e. The molecule has 0 bridgehead atoms. The first-order valence-electron chi connectivity index (χ1n) is 7.47. The summed E-state index contributed by atoms with van der Waals surface area (Å²) in [5, 5.41) is 12.2. The van der Waals surface area contributed by atoms with Crippen molar-refractivity contribution in [3.05, 3.63) is 29.8 Å². The maximum absolute atomic E-state index is 12.3. The standard InChI is InChI=1S/C16H20N2O4/c1-16(14(19)20)6-7-18(10-16)15(21)17-12-8-11-4-2-3-5-13(11)22-9-12/h2-5,12H,6-10H2,1H3,(H,17,21)(H,19,20). The number of carbonyl (C=O) groups excluding carboxylic acids is 1. The Bertz CT molecular complexity index is 604. The van der Waals surface area contributed by atoms with Crippen molar-refractivity contribution in [2.45, 2.75) is 25.8 Å². The number of hydrogen-bond donors (Lipinski definition) is 2. The summed E-state index contributed by atoms with van der Waals surface area (Å²) in [7, 11) is 0. The zero-order valence-electron chi connectivity index (χ0n) is 12.5. The van der Waals surface area contributed by atoms with Gasteiger partial charge in [-0.05, 0) is 31.4 Å². The Hall–Kier alpha value is -2.24. The van der Waals surface area contributed by atoms with Crippen LogP contribution in [0.1, 0.15) is 18.9 Å². The number of para-hydroxylation sites is 1. The SMILES string of the molecule is CC1(C(=O)O)CCN(C(=O)NC2COc3ccccc3C2)C1. The third-order valence-electron chi connectivity index (χ3n) is 4.48. The van der Waals surface area contributed by atoms with Crippen molar-refractivity contribution in [3.63, 3.8) is 0 Å². The highest BCUT2D eigenvalue weighted by Crippen LogP contribution is 2.30. The van der Waals surface area contributed by atoms with Crippen LogP contribution in [0.25, 0.3) is 0 Å². The number of amides is 2. The van der Waals surface area contributed by atoms with Crippen molar-refractivity contribution in [3.8, 4) is 5.75 Å². The van der Waals surface area contributed by atoms with Crippen LogP contribution in [0.4, 0.5) is 4.79 Å². The van der Waals surface area contributed by atoms with E-state index in [2.05, 4.69) is 5.32 Å². The number of ether oxygens (including phenoxy) is 1. The molecule has 1 saturated heterocycles. The number of nitrogens with zero attached hydrogens (tertiary/aromatic N) is 1. The molecular weight excluding hydrogens is 284 g/mol. The van der Waals surface area contributed by atoms with E-state index >= 15 is 0 Å². The molecule has 0 aromatic heterocycles. The molecule has 1 aromatic carbocycles. The average molecular weight is 304 g/mol. The number of aliphatic carboxylic acids is 1. The van der Waals surface area contributed by atoms with Gasteiger partial charge in [0.1, 0.15) is 12.4 Å². The first-order valence-corrected chi connectivity index (χ1v) is 7.47. The van der Waals surface area contributed by atoms with Gasteiger partial charge in [0.25, 0.3) is 0 Å². The van der Waals surface area contributed by atoms with Gasteiger partial charge in [0, 0.05) is 13.1 Å². The van der Waals surface area contributed by atoms with Gasteiger partial charge in [-0.1, -0.05) is 18.2 Å². The molecule has 1 fully saturated rings. The summed E-state index contributed by atoms with van der Waals surface area (Å²) in [6, 6.07) is 7.49. The Kier molecular flexibility index (Phi) is 3.68. The number of carboxylic acid groups (broad SMARTS) is 1. The van der Waals surface area contributed by atoms with E-state index in [0.29, 0.717) is 19.6 Å². The first-order chi connectivity index (χ1) is 10.5. The Labute approximate surface area is 129 Å². The predicted molar refractivity (Wildman–Crippen MR) is 79.9 cm³/mol. The topological polar surface area (TPSA) is 78.9 Å². The molecule has 2 heterocycles. The van der Waals surface area contributed by atoms with Gasteiger partial charge in [-0.15, -0.1) is 0 Å². The zero-order valence-corrected chi connectivity index (χ0v) is 12.5. The number of fused-ring (bicyclic) bond motifs is 1. The monoisotopic (exact) mass is 304 g/mol. The lowest BCUT2D eigenvalue weighted by Gasteiger charge is -2.28. The average Bonchev–Trinajstić information content (AvgIpc) is 2.91. The van der Waals surface area contributed by atoms with Crippen LogP contribution >= 0.6 is 0 Å². The summed E-state index contributed by atoms with van der Waals surface area (Å²) in [6.45, 7) is 2.84. The second-order valence-corrected chi connectivity index (χ2v) is 6.31. The molecule has 0 spiro atoms. The Balaban J connectivity index is 1.59. The van der Waals surface area contributed by atoms with Gasteiger partial charge >= 0.3 is 12.0 Å². The maximum atomic E-state index is 12.3. The fourth-order valence-electron chi connectivity index (χ4n) is 3.00. The fraction of sp³-hybridized carbons (Fsp3) is 0.500. The minimum Gasteiger partial charge on any atom is -0.491 e. The van der Waals surface area contributed by atoms with Gasteiger partial charge in [-0.2, -0.15) is 0 Å². The van der Waals surface area contributed by atoms with Crippen molar-refractivity contribution in [2.24, 2.45) is 5.41 Å². The number of carboxylic acids is 1. The van der Waals surface area contributed by atoms with Crippen molar-refractivity contribution in [1.29, 1.82) is 0 Å². The number of carbonyl (C=O) groups is 2. The molecule has 1 aromatic rings. The zero-order chi connectivity index (χ0) is 15.7. The minimum absolute atomic E-state index is 0.0842. The minimum atomic E-state index is -0.849. The van der Waals surface area contributed by atoms with Gasteiger partial charge in [-0.3, -0.25) is 4.79 Å². The van der Waals surface area contributed by atoms with E-state index in [1.165, 1.54) is 0 Å². The van der Waals surface area contributed by atoms with Crippen LogP contribution in [-0.2, 0) is 11.2 Å².